The summed E-state index contributed by atoms with van der Waals surface area (Å²) in [5.41, 5.74) is 3.74. The van der Waals surface area contributed by atoms with Crippen molar-refractivity contribution in [3.63, 3.8) is 0 Å². The smallest absolute Gasteiger partial charge is 0.222 e. The van der Waals surface area contributed by atoms with E-state index in [1.165, 1.54) is 16.7 Å². The van der Waals surface area contributed by atoms with Gasteiger partial charge in [-0.25, -0.2) is 0 Å². The van der Waals surface area contributed by atoms with E-state index in [1.807, 2.05) is 17.0 Å². The number of carbonyl (C=O) groups excluding carboxylic acids is 1. The Balaban J connectivity index is 1.48. The molecule has 0 saturated carbocycles. The summed E-state index contributed by atoms with van der Waals surface area (Å²) in [6.45, 7) is 3.74. The van der Waals surface area contributed by atoms with Gasteiger partial charge < -0.3 is 10.0 Å². The molecule has 0 aliphatic carbocycles. The average molecular weight is 323 g/mol. The molecule has 0 radical (unpaired) electrons. The molecule has 3 nitrogen and oxygen atoms in total. The maximum absolute atomic E-state index is 12.4. The molecule has 3 rings (SSSR count). The Morgan fingerprint density at radius 3 is 2.29 bits per heavy atom. The van der Waals surface area contributed by atoms with Crippen molar-refractivity contribution in [2.75, 3.05) is 13.1 Å². The number of hydrogen-bond donors (Lipinski definition) is 1. The Labute approximate surface area is 143 Å². The standard InChI is InChI=1S/C21H25NO2/c1-16-2-4-17(5-3-16)6-11-21(24)22-14-12-19(13-15-22)18-7-9-20(23)10-8-18/h2-5,7-10,19,23H,6,11-15H2,1H3. The van der Waals surface area contributed by atoms with Crippen LogP contribution in [-0.2, 0) is 11.2 Å². The second-order valence-electron chi connectivity index (χ2n) is 6.73. The summed E-state index contributed by atoms with van der Waals surface area (Å²) >= 11 is 0. The molecule has 1 saturated heterocycles. The van der Waals surface area contributed by atoms with Crippen LogP contribution in [0.25, 0.3) is 0 Å². The van der Waals surface area contributed by atoms with Crippen molar-refractivity contribution in [1.29, 1.82) is 0 Å². The highest BCUT2D eigenvalue weighted by atomic mass is 16.3. The SMILES string of the molecule is Cc1ccc(CCC(=O)N2CCC(c3ccc(O)cc3)CC2)cc1. The maximum Gasteiger partial charge on any atom is 0.222 e. The van der Waals surface area contributed by atoms with E-state index in [4.69, 9.17) is 0 Å². The first-order valence-electron chi connectivity index (χ1n) is 8.74. The fourth-order valence-electron chi connectivity index (χ4n) is 3.37. The normalized spacial score (nSPS) is 15.5. The Hall–Kier alpha value is -2.29. The maximum atomic E-state index is 12.4. The molecular formula is C21H25NO2. The van der Waals surface area contributed by atoms with E-state index in [-0.39, 0.29) is 5.91 Å². The summed E-state index contributed by atoms with van der Waals surface area (Å²) in [7, 11) is 0. The first-order chi connectivity index (χ1) is 11.6. The number of nitrogens with zero attached hydrogens (tertiary/aromatic N) is 1. The van der Waals surface area contributed by atoms with Crippen LogP contribution in [0.1, 0.15) is 41.9 Å². The number of benzene rings is 2. The summed E-state index contributed by atoms with van der Waals surface area (Å²) in [5.74, 6) is 1.06. The van der Waals surface area contributed by atoms with Gasteiger partial charge in [0.1, 0.15) is 5.75 Å². The van der Waals surface area contributed by atoms with E-state index in [0.29, 0.717) is 18.1 Å². The van der Waals surface area contributed by atoms with Crippen molar-refractivity contribution in [3.8, 4) is 5.75 Å². The van der Waals surface area contributed by atoms with Crippen LogP contribution in [0, 0.1) is 6.92 Å². The molecule has 1 aliphatic rings. The van der Waals surface area contributed by atoms with Crippen molar-refractivity contribution >= 4 is 5.91 Å². The van der Waals surface area contributed by atoms with Gasteiger partial charge in [-0.1, -0.05) is 42.0 Å². The molecule has 3 heteroatoms. The molecule has 0 bridgehead atoms. The third-order valence-electron chi connectivity index (χ3n) is 4.96. The van der Waals surface area contributed by atoms with Gasteiger partial charge in [-0.2, -0.15) is 0 Å². The summed E-state index contributed by atoms with van der Waals surface area (Å²) < 4.78 is 0. The number of likely N-dealkylation sites (tertiary alicyclic amines) is 1. The first kappa shape index (κ1) is 16.6. The Kier molecular flexibility index (Phi) is 5.19. The minimum Gasteiger partial charge on any atom is -0.508 e. The molecule has 1 fully saturated rings. The fourth-order valence-corrected chi connectivity index (χ4v) is 3.37. The van der Waals surface area contributed by atoms with Gasteiger partial charge in [-0.3, -0.25) is 4.79 Å². The molecule has 1 N–H and O–H groups in total. The number of aryl methyl sites for hydroxylation is 2. The van der Waals surface area contributed by atoms with Crippen molar-refractivity contribution in [3.05, 3.63) is 65.2 Å². The molecule has 0 spiro atoms. The van der Waals surface area contributed by atoms with E-state index in [9.17, 15) is 9.90 Å². The van der Waals surface area contributed by atoms with Crippen molar-refractivity contribution < 1.29 is 9.90 Å². The zero-order chi connectivity index (χ0) is 16.9. The fraction of sp³-hybridized carbons (Fsp3) is 0.381. The number of phenols is 1. The Morgan fingerprint density at radius 2 is 1.67 bits per heavy atom. The summed E-state index contributed by atoms with van der Waals surface area (Å²) in [6.07, 6.45) is 3.41. The number of amides is 1. The first-order valence-corrected chi connectivity index (χ1v) is 8.74. The molecule has 1 heterocycles. The molecule has 1 aliphatic heterocycles. The highest BCUT2D eigenvalue weighted by Crippen LogP contribution is 2.29. The van der Waals surface area contributed by atoms with Gasteiger partial charge in [-0.05, 0) is 55.4 Å². The van der Waals surface area contributed by atoms with Crippen LogP contribution in [0.3, 0.4) is 0 Å². The zero-order valence-electron chi connectivity index (χ0n) is 14.2. The van der Waals surface area contributed by atoms with Crippen LogP contribution in [0.2, 0.25) is 0 Å². The highest BCUT2D eigenvalue weighted by molar-refractivity contribution is 5.76. The highest BCUT2D eigenvalue weighted by Gasteiger charge is 2.23. The molecule has 0 unspecified atom stereocenters. The van der Waals surface area contributed by atoms with Gasteiger partial charge in [0.25, 0.3) is 0 Å². The van der Waals surface area contributed by atoms with E-state index >= 15 is 0 Å². The van der Waals surface area contributed by atoms with Crippen LogP contribution < -0.4 is 0 Å². The lowest BCUT2D eigenvalue weighted by molar-refractivity contribution is -0.132. The monoisotopic (exact) mass is 323 g/mol. The van der Waals surface area contributed by atoms with Gasteiger partial charge in [0.2, 0.25) is 5.91 Å². The topological polar surface area (TPSA) is 40.5 Å². The number of phenolic OH excluding ortho intramolecular Hbond substituents is 1. The van der Waals surface area contributed by atoms with Gasteiger partial charge in [0, 0.05) is 19.5 Å². The lowest BCUT2D eigenvalue weighted by atomic mass is 9.89. The van der Waals surface area contributed by atoms with E-state index in [0.717, 1.165) is 32.4 Å². The van der Waals surface area contributed by atoms with Gasteiger partial charge >= 0.3 is 0 Å². The summed E-state index contributed by atoms with van der Waals surface area (Å²) in [4.78, 5) is 14.4. The van der Waals surface area contributed by atoms with Gasteiger partial charge in [-0.15, -0.1) is 0 Å². The van der Waals surface area contributed by atoms with E-state index < -0.39 is 0 Å². The minimum absolute atomic E-state index is 0.264. The molecule has 2 aromatic rings. The predicted octanol–water partition coefficient (Wildman–Crippen LogP) is 4.04. The lowest BCUT2D eigenvalue weighted by Gasteiger charge is -2.32. The largest absolute Gasteiger partial charge is 0.508 e. The van der Waals surface area contributed by atoms with Crippen molar-refractivity contribution in [1.82, 2.24) is 4.90 Å². The zero-order valence-corrected chi connectivity index (χ0v) is 14.2. The molecule has 24 heavy (non-hydrogen) atoms. The molecule has 1 amide bonds. The molecule has 2 aromatic carbocycles. The van der Waals surface area contributed by atoms with Crippen LogP contribution in [0.15, 0.2) is 48.5 Å². The Bertz CT molecular complexity index is 668. The number of piperidine rings is 1. The lowest BCUT2D eigenvalue weighted by Crippen LogP contribution is -2.38. The van der Waals surface area contributed by atoms with Crippen LogP contribution in [-0.4, -0.2) is 29.0 Å². The van der Waals surface area contributed by atoms with Crippen molar-refractivity contribution in [2.24, 2.45) is 0 Å². The molecular weight excluding hydrogens is 298 g/mol. The number of rotatable bonds is 4. The number of carbonyl (C=O) groups is 1. The van der Waals surface area contributed by atoms with E-state index in [1.54, 1.807) is 12.1 Å². The van der Waals surface area contributed by atoms with E-state index in [2.05, 4.69) is 31.2 Å². The number of hydrogen-bond acceptors (Lipinski definition) is 2. The van der Waals surface area contributed by atoms with Crippen molar-refractivity contribution in [2.45, 2.75) is 38.5 Å². The van der Waals surface area contributed by atoms with Crippen LogP contribution >= 0.6 is 0 Å². The van der Waals surface area contributed by atoms with Crippen LogP contribution in [0.5, 0.6) is 5.75 Å². The third kappa shape index (κ3) is 4.16. The molecule has 0 atom stereocenters. The number of aromatic hydroxyl groups is 1. The molecule has 126 valence electrons. The quantitative estimate of drug-likeness (QED) is 0.922. The second kappa shape index (κ2) is 7.52. The summed E-state index contributed by atoms with van der Waals surface area (Å²) in [5, 5.41) is 9.39. The Morgan fingerprint density at radius 1 is 1.04 bits per heavy atom. The van der Waals surface area contributed by atoms with Gasteiger partial charge in [0.05, 0.1) is 0 Å². The third-order valence-corrected chi connectivity index (χ3v) is 4.96. The second-order valence-corrected chi connectivity index (χ2v) is 6.73. The summed E-state index contributed by atoms with van der Waals surface area (Å²) in [6, 6.07) is 15.9. The van der Waals surface area contributed by atoms with Crippen LogP contribution in [0.4, 0.5) is 0 Å². The minimum atomic E-state index is 0.264. The average Bonchev–Trinajstić information content (AvgIpc) is 2.62. The molecule has 0 aromatic heterocycles. The predicted molar refractivity (Wildman–Crippen MR) is 96.2 cm³/mol. The van der Waals surface area contributed by atoms with Gasteiger partial charge in [0.15, 0.2) is 0 Å².